The molecule has 0 spiro atoms. The Morgan fingerprint density at radius 1 is 1.30 bits per heavy atom. The quantitative estimate of drug-likeness (QED) is 0.665. The molecule has 0 saturated carbocycles. The summed E-state index contributed by atoms with van der Waals surface area (Å²) in [5, 5.41) is 13.6. The number of rotatable bonds is 8. The fourth-order valence-electron chi connectivity index (χ4n) is 3.63. The minimum absolute atomic E-state index is 0.325. The number of ether oxygens (including phenoxy) is 1. The van der Waals surface area contributed by atoms with Gasteiger partial charge in [0.05, 0.1) is 12.7 Å². The number of nitrogens with zero attached hydrogens (tertiary/aromatic N) is 1. The van der Waals surface area contributed by atoms with Crippen LogP contribution in [-0.2, 0) is 4.74 Å². The number of aliphatic hydroxyl groups is 1. The van der Waals surface area contributed by atoms with E-state index in [1.54, 1.807) is 0 Å². The van der Waals surface area contributed by atoms with Gasteiger partial charge in [0, 0.05) is 19.2 Å². The van der Waals surface area contributed by atoms with Crippen molar-refractivity contribution < 1.29 is 9.84 Å². The molecule has 118 valence electrons. The number of likely N-dealkylation sites (tertiary alicyclic amines) is 1. The number of piperidine rings is 1. The maximum absolute atomic E-state index is 10.1. The van der Waals surface area contributed by atoms with Crippen LogP contribution in [0.1, 0.15) is 45.4 Å². The highest BCUT2D eigenvalue weighted by atomic mass is 16.5. The number of hydrogen-bond acceptors (Lipinski definition) is 4. The summed E-state index contributed by atoms with van der Waals surface area (Å²) in [6.45, 7) is 7.71. The molecule has 0 aromatic heterocycles. The van der Waals surface area contributed by atoms with Crippen LogP contribution in [0.5, 0.6) is 0 Å². The fourth-order valence-corrected chi connectivity index (χ4v) is 3.63. The summed E-state index contributed by atoms with van der Waals surface area (Å²) in [5.41, 5.74) is 0. The van der Waals surface area contributed by atoms with E-state index in [0.29, 0.717) is 12.6 Å². The third kappa shape index (κ3) is 4.99. The minimum atomic E-state index is -0.325. The van der Waals surface area contributed by atoms with E-state index in [1.807, 2.05) is 0 Å². The smallest absolute Gasteiger partial charge is 0.0900 e. The molecule has 2 aliphatic heterocycles. The molecule has 2 unspecified atom stereocenters. The van der Waals surface area contributed by atoms with E-state index in [1.165, 1.54) is 25.7 Å². The molecule has 4 heteroatoms. The number of unbranched alkanes of at least 4 members (excludes halogenated alkanes) is 1. The second kappa shape index (κ2) is 8.98. The zero-order valence-corrected chi connectivity index (χ0v) is 13.0. The van der Waals surface area contributed by atoms with Crippen LogP contribution >= 0.6 is 0 Å². The lowest BCUT2D eigenvalue weighted by molar-refractivity contribution is 0.00776. The highest BCUT2D eigenvalue weighted by Crippen LogP contribution is 2.29. The van der Waals surface area contributed by atoms with Crippen molar-refractivity contribution in [2.24, 2.45) is 5.92 Å². The zero-order valence-electron chi connectivity index (χ0n) is 13.0. The van der Waals surface area contributed by atoms with Crippen LogP contribution in [0.2, 0.25) is 0 Å². The SMILES string of the molecule is CCCCOCC(O)CN1CCCC1C1CCNCC1. The van der Waals surface area contributed by atoms with Crippen molar-refractivity contribution in [1.82, 2.24) is 10.2 Å². The Labute approximate surface area is 123 Å². The van der Waals surface area contributed by atoms with Gasteiger partial charge in [-0.1, -0.05) is 13.3 Å². The zero-order chi connectivity index (χ0) is 14.2. The van der Waals surface area contributed by atoms with Gasteiger partial charge in [0.25, 0.3) is 0 Å². The molecule has 4 nitrogen and oxygen atoms in total. The maximum atomic E-state index is 10.1. The van der Waals surface area contributed by atoms with Crippen LogP contribution in [-0.4, -0.2) is 61.5 Å². The van der Waals surface area contributed by atoms with Gasteiger partial charge in [-0.15, -0.1) is 0 Å². The van der Waals surface area contributed by atoms with Gasteiger partial charge >= 0.3 is 0 Å². The van der Waals surface area contributed by atoms with Crippen molar-refractivity contribution >= 4 is 0 Å². The van der Waals surface area contributed by atoms with E-state index in [2.05, 4.69) is 17.1 Å². The molecule has 0 radical (unpaired) electrons. The van der Waals surface area contributed by atoms with Crippen LogP contribution in [0.3, 0.4) is 0 Å². The molecule has 0 bridgehead atoms. The van der Waals surface area contributed by atoms with Gasteiger partial charge in [-0.25, -0.2) is 0 Å². The van der Waals surface area contributed by atoms with E-state index < -0.39 is 0 Å². The summed E-state index contributed by atoms with van der Waals surface area (Å²) < 4.78 is 5.54. The Bertz CT molecular complexity index is 257. The average Bonchev–Trinajstić information content (AvgIpc) is 2.92. The molecular weight excluding hydrogens is 252 g/mol. The molecule has 2 aliphatic rings. The summed E-state index contributed by atoms with van der Waals surface area (Å²) in [6.07, 6.45) is 7.11. The maximum Gasteiger partial charge on any atom is 0.0900 e. The summed E-state index contributed by atoms with van der Waals surface area (Å²) in [5.74, 6) is 0.826. The van der Waals surface area contributed by atoms with Gasteiger partial charge in [0.2, 0.25) is 0 Å². The molecule has 2 saturated heterocycles. The Morgan fingerprint density at radius 3 is 2.85 bits per heavy atom. The Morgan fingerprint density at radius 2 is 2.10 bits per heavy atom. The normalized spacial score (nSPS) is 27.0. The van der Waals surface area contributed by atoms with Crippen molar-refractivity contribution in [1.29, 1.82) is 0 Å². The first-order valence-corrected chi connectivity index (χ1v) is 8.51. The van der Waals surface area contributed by atoms with Gasteiger partial charge in [-0.3, -0.25) is 4.90 Å². The van der Waals surface area contributed by atoms with Crippen molar-refractivity contribution in [2.75, 3.05) is 39.4 Å². The van der Waals surface area contributed by atoms with Crippen LogP contribution in [0.4, 0.5) is 0 Å². The van der Waals surface area contributed by atoms with Crippen molar-refractivity contribution in [3.8, 4) is 0 Å². The number of hydrogen-bond donors (Lipinski definition) is 2. The summed E-state index contributed by atoms with van der Waals surface area (Å²) in [4.78, 5) is 2.52. The van der Waals surface area contributed by atoms with E-state index in [0.717, 1.165) is 51.5 Å². The van der Waals surface area contributed by atoms with Gasteiger partial charge in [0.15, 0.2) is 0 Å². The first kappa shape index (κ1) is 16.2. The summed E-state index contributed by atoms with van der Waals surface area (Å²) in [7, 11) is 0. The van der Waals surface area contributed by atoms with Gasteiger partial charge in [0.1, 0.15) is 0 Å². The predicted molar refractivity (Wildman–Crippen MR) is 81.9 cm³/mol. The highest BCUT2D eigenvalue weighted by molar-refractivity contribution is 4.88. The Kier molecular flexibility index (Phi) is 7.28. The van der Waals surface area contributed by atoms with Crippen LogP contribution in [0.25, 0.3) is 0 Å². The van der Waals surface area contributed by atoms with Crippen molar-refractivity contribution in [3.05, 3.63) is 0 Å². The van der Waals surface area contributed by atoms with Crippen LogP contribution in [0.15, 0.2) is 0 Å². The molecule has 20 heavy (non-hydrogen) atoms. The third-order valence-corrected chi connectivity index (χ3v) is 4.74. The standard InChI is InChI=1S/C16H32N2O2/c1-2-3-11-20-13-15(19)12-18-10-4-5-16(18)14-6-8-17-9-7-14/h14-17,19H,2-13H2,1H3. The van der Waals surface area contributed by atoms with Crippen LogP contribution < -0.4 is 5.32 Å². The van der Waals surface area contributed by atoms with Crippen LogP contribution in [0, 0.1) is 5.92 Å². The highest BCUT2D eigenvalue weighted by Gasteiger charge is 2.33. The molecule has 2 atom stereocenters. The molecule has 0 aliphatic carbocycles. The number of β-amino-alcohol motifs (C(OH)–C–C–N with tert-alkyl or cyclic N) is 1. The van der Waals surface area contributed by atoms with Gasteiger partial charge in [-0.05, 0) is 57.7 Å². The molecule has 2 fully saturated rings. The molecular formula is C16H32N2O2. The fraction of sp³-hybridized carbons (Fsp3) is 1.00. The van der Waals surface area contributed by atoms with Gasteiger partial charge < -0.3 is 15.2 Å². The molecule has 0 aromatic carbocycles. The van der Waals surface area contributed by atoms with Crippen molar-refractivity contribution in [2.45, 2.75) is 57.6 Å². The predicted octanol–water partition coefficient (Wildman–Crippen LogP) is 1.63. The summed E-state index contributed by atoms with van der Waals surface area (Å²) in [6, 6.07) is 0.697. The lowest BCUT2D eigenvalue weighted by atomic mass is 9.88. The third-order valence-electron chi connectivity index (χ3n) is 4.74. The average molecular weight is 284 g/mol. The lowest BCUT2D eigenvalue weighted by Crippen LogP contribution is -2.44. The van der Waals surface area contributed by atoms with Gasteiger partial charge in [-0.2, -0.15) is 0 Å². The summed E-state index contributed by atoms with van der Waals surface area (Å²) >= 11 is 0. The van der Waals surface area contributed by atoms with Crippen molar-refractivity contribution in [3.63, 3.8) is 0 Å². The monoisotopic (exact) mass is 284 g/mol. The lowest BCUT2D eigenvalue weighted by Gasteiger charge is -2.35. The molecule has 2 rings (SSSR count). The first-order chi connectivity index (χ1) is 9.81. The molecule has 2 heterocycles. The minimum Gasteiger partial charge on any atom is -0.389 e. The largest absolute Gasteiger partial charge is 0.389 e. The second-order valence-corrected chi connectivity index (χ2v) is 6.37. The number of nitrogens with one attached hydrogen (secondary N) is 1. The Balaban J connectivity index is 1.70. The molecule has 0 aromatic rings. The van der Waals surface area contributed by atoms with E-state index in [9.17, 15) is 5.11 Å². The molecule has 2 N–H and O–H groups in total. The van der Waals surface area contributed by atoms with E-state index in [-0.39, 0.29) is 6.10 Å². The first-order valence-electron chi connectivity index (χ1n) is 8.51. The molecule has 0 amide bonds. The number of aliphatic hydroxyl groups excluding tert-OH is 1. The Hall–Kier alpha value is -0.160. The topological polar surface area (TPSA) is 44.7 Å². The van der Waals surface area contributed by atoms with E-state index >= 15 is 0 Å². The second-order valence-electron chi connectivity index (χ2n) is 6.37. The van der Waals surface area contributed by atoms with E-state index in [4.69, 9.17) is 4.74 Å².